The molecule has 2 heterocycles. The van der Waals surface area contributed by atoms with E-state index in [4.69, 9.17) is 14.2 Å². The summed E-state index contributed by atoms with van der Waals surface area (Å²) in [6.45, 7) is 4.76. The van der Waals surface area contributed by atoms with Crippen molar-refractivity contribution in [1.82, 2.24) is 4.31 Å². The van der Waals surface area contributed by atoms with Crippen molar-refractivity contribution in [2.75, 3.05) is 32.7 Å². The maximum absolute atomic E-state index is 13.0. The molecule has 0 radical (unpaired) electrons. The number of aryl methyl sites for hydroxylation is 1. The first kappa shape index (κ1) is 24.5. The number of hydrogen-bond acceptors (Lipinski definition) is 9. The van der Waals surface area contributed by atoms with E-state index >= 15 is 0 Å². The van der Waals surface area contributed by atoms with E-state index in [1.54, 1.807) is 6.92 Å². The van der Waals surface area contributed by atoms with Gasteiger partial charge in [-0.15, -0.1) is 11.3 Å². The van der Waals surface area contributed by atoms with Gasteiger partial charge in [-0.05, 0) is 31.9 Å². The summed E-state index contributed by atoms with van der Waals surface area (Å²) < 4.78 is 41.8. The number of amides is 2. The van der Waals surface area contributed by atoms with Crippen LogP contribution in [0.2, 0.25) is 0 Å². The van der Waals surface area contributed by atoms with Crippen LogP contribution < -0.4 is 14.8 Å². The number of thiophene rings is 1. The summed E-state index contributed by atoms with van der Waals surface area (Å²) in [5.74, 6) is -1.88. The van der Waals surface area contributed by atoms with Crippen LogP contribution >= 0.6 is 11.3 Å². The highest BCUT2D eigenvalue weighted by molar-refractivity contribution is 7.90. The highest BCUT2D eigenvalue weighted by Crippen LogP contribution is 2.39. The second-order valence-corrected chi connectivity index (χ2v) is 10.0. The Labute approximate surface area is 195 Å². The van der Waals surface area contributed by atoms with Crippen LogP contribution in [0, 0.1) is 6.92 Å². The van der Waals surface area contributed by atoms with Crippen LogP contribution in [0.5, 0.6) is 11.5 Å². The van der Waals surface area contributed by atoms with E-state index in [1.165, 1.54) is 37.7 Å². The monoisotopic (exact) mass is 496 g/mol. The zero-order chi connectivity index (χ0) is 24.5. The quantitative estimate of drug-likeness (QED) is 0.552. The summed E-state index contributed by atoms with van der Waals surface area (Å²) in [5.41, 5.74) is 0.863. The van der Waals surface area contributed by atoms with Crippen LogP contribution in [-0.2, 0) is 26.0 Å². The third-order valence-corrected chi connectivity index (χ3v) is 7.92. The third-order valence-electron chi connectivity index (χ3n) is 5.09. The van der Waals surface area contributed by atoms with E-state index in [0.717, 1.165) is 10.4 Å². The predicted octanol–water partition coefficient (Wildman–Crippen LogP) is 2.60. The maximum atomic E-state index is 13.0. The molecule has 0 saturated carbocycles. The first-order chi connectivity index (χ1) is 15.6. The fraction of sp³-hybridized carbons (Fsp3) is 0.381. The van der Waals surface area contributed by atoms with E-state index in [1.807, 2.05) is 13.8 Å². The molecule has 0 fully saturated rings. The van der Waals surface area contributed by atoms with Crippen LogP contribution in [-0.4, -0.2) is 57.9 Å². The van der Waals surface area contributed by atoms with E-state index in [2.05, 4.69) is 5.32 Å². The van der Waals surface area contributed by atoms with Crippen molar-refractivity contribution in [3.05, 3.63) is 33.7 Å². The van der Waals surface area contributed by atoms with Crippen molar-refractivity contribution in [3.8, 4) is 11.5 Å². The Morgan fingerprint density at radius 3 is 2.33 bits per heavy atom. The number of sulfonamides is 1. The van der Waals surface area contributed by atoms with Gasteiger partial charge >= 0.3 is 5.97 Å². The molecule has 10 nitrogen and oxygen atoms in total. The molecule has 178 valence electrons. The molecule has 1 aliphatic heterocycles. The molecule has 33 heavy (non-hydrogen) atoms. The second kappa shape index (κ2) is 9.40. The maximum Gasteiger partial charge on any atom is 0.341 e. The van der Waals surface area contributed by atoms with Crippen LogP contribution in [0.25, 0.3) is 0 Å². The van der Waals surface area contributed by atoms with Gasteiger partial charge in [-0.3, -0.25) is 9.59 Å². The van der Waals surface area contributed by atoms with Crippen LogP contribution in [0.3, 0.4) is 0 Å². The highest BCUT2D eigenvalue weighted by Gasteiger charge is 2.43. The predicted molar refractivity (Wildman–Crippen MR) is 121 cm³/mol. The largest absolute Gasteiger partial charge is 0.493 e. The molecule has 0 aliphatic carbocycles. The molecular formula is C21H24N2O8S2. The molecule has 0 unspecified atom stereocenters. The van der Waals surface area contributed by atoms with Gasteiger partial charge in [-0.25, -0.2) is 17.5 Å². The molecular weight excluding hydrogens is 472 g/mol. The highest BCUT2D eigenvalue weighted by atomic mass is 32.2. The molecule has 1 aromatic carbocycles. The summed E-state index contributed by atoms with van der Waals surface area (Å²) in [6, 6.07) is 2.45. The number of fused-ring (bicyclic) bond motifs is 1. The number of anilines is 1. The van der Waals surface area contributed by atoms with E-state index in [-0.39, 0.29) is 39.1 Å². The summed E-state index contributed by atoms with van der Waals surface area (Å²) in [6.07, 6.45) is 0.546. The average molecular weight is 497 g/mol. The van der Waals surface area contributed by atoms with E-state index < -0.39 is 34.4 Å². The second-order valence-electron chi connectivity index (χ2n) is 6.98. The lowest BCUT2D eigenvalue weighted by Gasteiger charge is -2.15. The Morgan fingerprint density at radius 1 is 1.12 bits per heavy atom. The van der Waals surface area contributed by atoms with Crippen molar-refractivity contribution in [3.63, 3.8) is 0 Å². The lowest BCUT2D eigenvalue weighted by molar-refractivity contribution is -0.116. The van der Waals surface area contributed by atoms with Gasteiger partial charge in [-0.1, -0.05) is 6.92 Å². The number of rotatable bonds is 8. The average Bonchev–Trinajstić information content (AvgIpc) is 3.18. The molecule has 0 atom stereocenters. The molecule has 1 N–H and O–H groups in total. The van der Waals surface area contributed by atoms with Gasteiger partial charge in [0.25, 0.3) is 15.9 Å². The topological polar surface area (TPSA) is 128 Å². The van der Waals surface area contributed by atoms with Gasteiger partial charge in [0.15, 0.2) is 11.5 Å². The standard InChI is InChI=1S/C21H24N2O8S2/c1-6-12-11(3)32-19(18(12)21(26)31-7-2)22-17(24)10-23-20(25)13-8-14(29-4)15(30-5)9-16(13)33(23,27)28/h8-9H,6-7,10H2,1-5H3,(H,22,24). The number of esters is 1. The van der Waals surface area contributed by atoms with E-state index in [0.29, 0.717) is 10.7 Å². The summed E-state index contributed by atoms with van der Waals surface area (Å²) in [5, 5.41) is 2.82. The smallest absolute Gasteiger partial charge is 0.341 e. The number of nitrogens with one attached hydrogen (secondary N) is 1. The van der Waals surface area contributed by atoms with Crippen molar-refractivity contribution >= 4 is 44.1 Å². The molecule has 2 amide bonds. The van der Waals surface area contributed by atoms with E-state index in [9.17, 15) is 22.8 Å². The van der Waals surface area contributed by atoms with Gasteiger partial charge < -0.3 is 19.5 Å². The van der Waals surface area contributed by atoms with Crippen molar-refractivity contribution in [2.45, 2.75) is 32.1 Å². The molecule has 3 rings (SSSR count). The number of carbonyl (C=O) groups excluding carboxylic acids is 3. The Bertz CT molecular complexity index is 1230. The third kappa shape index (κ3) is 4.27. The number of carbonyl (C=O) groups is 3. The Balaban J connectivity index is 1.90. The Hall–Kier alpha value is -3.12. The molecule has 1 aromatic heterocycles. The first-order valence-corrected chi connectivity index (χ1v) is 12.3. The number of ether oxygens (including phenoxy) is 3. The van der Waals surface area contributed by atoms with Gasteiger partial charge in [0, 0.05) is 10.9 Å². The van der Waals surface area contributed by atoms with Crippen LogP contribution in [0.15, 0.2) is 17.0 Å². The number of hydrogen-bond donors (Lipinski definition) is 1. The van der Waals surface area contributed by atoms with Crippen molar-refractivity contribution in [2.24, 2.45) is 0 Å². The molecule has 12 heteroatoms. The van der Waals surface area contributed by atoms with Crippen molar-refractivity contribution < 1.29 is 37.0 Å². The van der Waals surface area contributed by atoms with Gasteiger partial charge in [-0.2, -0.15) is 0 Å². The Kier molecular flexibility index (Phi) is 6.98. The SMILES string of the molecule is CCOC(=O)c1c(NC(=O)CN2C(=O)c3cc(OC)c(OC)cc3S2(=O)=O)sc(C)c1CC. The fourth-order valence-electron chi connectivity index (χ4n) is 3.57. The number of benzene rings is 1. The normalized spacial score (nSPS) is 14.1. The minimum atomic E-state index is -4.28. The Morgan fingerprint density at radius 2 is 1.76 bits per heavy atom. The number of methoxy groups -OCH3 is 2. The lowest BCUT2D eigenvalue weighted by Crippen LogP contribution is -2.37. The minimum Gasteiger partial charge on any atom is -0.493 e. The zero-order valence-corrected chi connectivity index (χ0v) is 20.4. The van der Waals surface area contributed by atoms with Crippen LogP contribution in [0.1, 0.15) is 45.0 Å². The van der Waals surface area contributed by atoms with Crippen molar-refractivity contribution in [1.29, 1.82) is 0 Å². The summed E-state index contributed by atoms with van der Waals surface area (Å²) in [7, 11) is -1.58. The number of nitrogens with zero attached hydrogens (tertiary/aromatic N) is 1. The first-order valence-electron chi connectivity index (χ1n) is 10.0. The molecule has 0 bridgehead atoms. The summed E-state index contributed by atoms with van der Waals surface area (Å²) >= 11 is 1.19. The van der Waals surface area contributed by atoms with Gasteiger partial charge in [0.1, 0.15) is 16.4 Å². The minimum absolute atomic E-state index is 0.118. The lowest BCUT2D eigenvalue weighted by atomic mass is 10.1. The fourth-order valence-corrected chi connectivity index (χ4v) is 6.24. The summed E-state index contributed by atoms with van der Waals surface area (Å²) in [4.78, 5) is 38.6. The van der Waals surface area contributed by atoms with Gasteiger partial charge in [0.05, 0.1) is 32.0 Å². The molecule has 2 aromatic rings. The zero-order valence-electron chi connectivity index (χ0n) is 18.8. The molecule has 0 spiro atoms. The van der Waals surface area contributed by atoms with Gasteiger partial charge in [0.2, 0.25) is 5.91 Å². The molecule has 0 saturated heterocycles. The molecule has 1 aliphatic rings. The van der Waals surface area contributed by atoms with Crippen LogP contribution in [0.4, 0.5) is 5.00 Å².